The van der Waals surface area contributed by atoms with Crippen molar-refractivity contribution < 1.29 is 19.1 Å². The highest BCUT2D eigenvalue weighted by atomic mass is 35.5. The van der Waals surface area contributed by atoms with Crippen LogP contribution in [0.25, 0.3) is 0 Å². The predicted molar refractivity (Wildman–Crippen MR) is 212 cm³/mol. The second-order valence-corrected chi connectivity index (χ2v) is 14.0. The molecule has 0 bridgehead atoms. The summed E-state index contributed by atoms with van der Waals surface area (Å²) in [5.41, 5.74) is 0. The SMILES string of the molecule is CCCCCCCC/C=C\CCCCCCCC(=O)OCC(C)OC(=O)CCCCCCC/C=C\CCCCCCCC.CN(C)C.Cl. The Morgan fingerprint density at radius 2 is 0.792 bits per heavy atom. The van der Waals surface area contributed by atoms with Crippen LogP contribution in [0, 0.1) is 0 Å². The lowest BCUT2D eigenvalue weighted by Gasteiger charge is -2.13. The van der Waals surface area contributed by atoms with Gasteiger partial charge in [-0.3, -0.25) is 9.59 Å². The lowest BCUT2D eigenvalue weighted by Crippen LogP contribution is -2.22. The van der Waals surface area contributed by atoms with Crippen LogP contribution in [-0.2, 0) is 19.1 Å². The smallest absolute Gasteiger partial charge is 0.306 e. The van der Waals surface area contributed by atoms with Gasteiger partial charge in [0.2, 0.25) is 0 Å². The highest BCUT2D eigenvalue weighted by molar-refractivity contribution is 5.85. The second-order valence-electron chi connectivity index (χ2n) is 14.0. The van der Waals surface area contributed by atoms with Crippen molar-refractivity contribution in [2.45, 2.75) is 207 Å². The minimum absolute atomic E-state index is 0. The minimum atomic E-state index is -0.381. The number of rotatable bonds is 33. The second kappa shape index (κ2) is 43.7. The highest BCUT2D eigenvalue weighted by Gasteiger charge is 2.12. The lowest BCUT2D eigenvalue weighted by atomic mass is 10.1. The van der Waals surface area contributed by atoms with Gasteiger partial charge < -0.3 is 14.4 Å². The van der Waals surface area contributed by atoms with Gasteiger partial charge in [0, 0.05) is 12.8 Å². The molecule has 0 amide bonds. The minimum Gasteiger partial charge on any atom is -0.462 e. The van der Waals surface area contributed by atoms with E-state index in [0.29, 0.717) is 12.8 Å². The van der Waals surface area contributed by atoms with E-state index in [0.717, 1.165) is 25.7 Å². The zero-order chi connectivity index (χ0) is 35.1. The van der Waals surface area contributed by atoms with Crippen molar-refractivity contribution in [1.29, 1.82) is 0 Å². The fourth-order valence-electron chi connectivity index (χ4n) is 5.28. The zero-order valence-corrected chi connectivity index (χ0v) is 33.7. The molecular formula is C42H82ClNO4. The van der Waals surface area contributed by atoms with Crippen molar-refractivity contribution >= 4 is 24.3 Å². The molecular weight excluding hydrogens is 618 g/mol. The first-order chi connectivity index (χ1) is 22.8. The Morgan fingerprint density at radius 1 is 0.500 bits per heavy atom. The number of ether oxygens (including phenoxy) is 2. The topological polar surface area (TPSA) is 55.8 Å². The molecule has 0 heterocycles. The van der Waals surface area contributed by atoms with Crippen molar-refractivity contribution in [1.82, 2.24) is 4.90 Å². The van der Waals surface area contributed by atoms with E-state index in [1.54, 1.807) is 6.92 Å². The van der Waals surface area contributed by atoms with E-state index < -0.39 is 0 Å². The molecule has 0 radical (unpaired) electrons. The Bertz CT molecular complexity index is 707. The Morgan fingerprint density at radius 3 is 1.15 bits per heavy atom. The van der Waals surface area contributed by atoms with Crippen molar-refractivity contribution in [3.8, 4) is 0 Å². The number of allylic oxidation sites excluding steroid dienone is 4. The molecule has 5 nitrogen and oxygen atoms in total. The largest absolute Gasteiger partial charge is 0.462 e. The number of esters is 2. The van der Waals surface area contributed by atoms with Crippen LogP contribution in [0.1, 0.15) is 201 Å². The first kappa shape index (κ1) is 51.0. The van der Waals surface area contributed by atoms with Gasteiger partial charge in [0.1, 0.15) is 12.7 Å². The van der Waals surface area contributed by atoms with Crippen LogP contribution in [0.3, 0.4) is 0 Å². The fourth-order valence-corrected chi connectivity index (χ4v) is 5.28. The third-order valence-electron chi connectivity index (χ3n) is 8.10. The van der Waals surface area contributed by atoms with E-state index in [4.69, 9.17) is 9.47 Å². The van der Waals surface area contributed by atoms with Gasteiger partial charge in [-0.1, -0.05) is 141 Å². The predicted octanol–water partition coefficient (Wildman–Crippen LogP) is 13.1. The average molecular weight is 701 g/mol. The Balaban J connectivity index is -0.00000381. The summed E-state index contributed by atoms with van der Waals surface area (Å²) in [5.74, 6) is -0.365. The quantitative estimate of drug-likeness (QED) is 0.0388. The van der Waals surface area contributed by atoms with Gasteiger partial charge in [-0.2, -0.15) is 0 Å². The van der Waals surface area contributed by atoms with Crippen LogP contribution in [0.5, 0.6) is 0 Å². The molecule has 0 aromatic rings. The van der Waals surface area contributed by atoms with Crippen LogP contribution in [0.4, 0.5) is 0 Å². The molecule has 0 aliphatic carbocycles. The van der Waals surface area contributed by atoms with E-state index in [1.165, 1.54) is 141 Å². The van der Waals surface area contributed by atoms with Gasteiger partial charge in [0.15, 0.2) is 0 Å². The van der Waals surface area contributed by atoms with Crippen LogP contribution in [-0.4, -0.2) is 50.7 Å². The lowest BCUT2D eigenvalue weighted by molar-refractivity contribution is -0.158. The number of carbonyl (C=O) groups is 2. The number of unbranched alkanes of at least 4 members (excludes halogenated alkanes) is 22. The van der Waals surface area contributed by atoms with E-state index in [2.05, 4.69) is 38.2 Å². The molecule has 0 aromatic heterocycles. The van der Waals surface area contributed by atoms with Gasteiger partial charge in [0.25, 0.3) is 0 Å². The molecule has 6 heteroatoms. The molecule has 0 spiro atoms. The van der Waals surface area contributed by atoms with Crippen molar-refractivity contribution in [2.24, 2.45) is 0 Å². The summed E-state index contributed by atoms with van der Waals surface area (Å²) in [4.78, 5) is 26.1. The highest BCUT2D eigenvalue weighted by Crippen LogP contribution is 2.12. The summed E-state index contributed by atoms with van der Waals surface area (Å²) >= 11 is 0. The number of carbonyl (C=O) groups excluding carboxylic acids is 2. The van der Waals surface area contributed by atoms with Gasteiger partial charge in [-0.15, -0.1) is 12.4 Å². The summed E-state index contributed by atoms with van der Waals surface area (Å²) in [7, 11) is 6.00. The summed E-state index contributed by atoms with van der Waals surface area (Å²) in [6.07, 6.45) is 42.2. The number of hydrogen-bond donors (Lipinski definition) is 0. The Hall–Kier alpha value is -1.33. The average Bonchev–Trinajstić information content (AvgIpc) is 3.03. The third kappa shape index (κ3) is 49.1. The van der Waals surface area contributed by atoms with Crippen molar-refractivity contribution in [3.05, 3.63) is 24.3 Å². The fraction of sp³-hybridized carbons (Fsp3) is 0.857. The van der Waals surface area contributed by atoms with E-state index in [9.17, 15) is 9.59 Å². The summed E-state index contributed by atoms with van der Waals surface area (Å²) in [6.45, 7) is 6.48. The van der Waals surface area contributed by atoms with E-state index in [-0.39, 0.29) is 37.1 Å². The first-order valence-electron chi connectivity index (χ1n) is 20.1. The molecule has 0 aliphatic heterocycles. The molecule has 0 fully saturated rings. The monoisotopic (exact) mass is 700 g/mol. The van der Waals surface area contributed by atoms with Gasteiger partial charge in [0.05, 0.1) is 0 Å². The number of halogens is 1. The van der Waals surface area contributed by atoms with Gasteiger partial charge in [-0.25, -0.2) is 0 Å². The standard InChI is InChI=1S/C39H72O4.C3H9N.ClH/c1-4-6-8-10-12-14-16-18-20-22-24-26-28-30-32-34-38(40)42-36-37(3)43-39(41)35-33-31-29-27-25-23-21-19-17-15-13-11-9-7-5-2;1-4(2)3;/h18-21,37H,4-17,22-36H2,1-3H3;1-3H3;1H/b20-18-,21-19-;;. The molecule has 286 valence electrons. The maximum absolute atomic E-state index is 12.1. The van der Waals surface area contributed by atoms with Crippen LogP contribution in [0.15, 0.2) is 24.3 Å². The van der Waals surface area contributed by atoms with Gasteiger partial charge in [-0.05, 0) is 92.3 Å². The Kier molecular flexibility index (Phi) is 46.5. The molecule has 0 saturated carbocycles. The van der Waals surface area contributed by atoms with E-state index >= 15 is 0 Å². The number of nitrogens with zero attached hydrogens (tertiary/aromatic N) is 1. The molecule has 0 N–H and O–H groups in total. The Labute approximate surface area is 306 Å². The molecule has 0 aromatic carbocycles. The van der Waals surface area contributed by atoms with E-state index in [1.807, 2.05) is 26.0 Å². The number of hydrogen-bond acceptors (Lipinski definition) is 5. The maximum atomic E-state index is 12.1. The summed E-state index contributed by atoms with van der Waals surface area (Å²) in [6, 6.07) is 0. The van der Waals surface area contributed by atoms with Crippen molar-refractivity contribution in [2.75, 3.05) is 27.7 Å². The summed E-state index contributed by atoms with van der Waals surface area (Å²) < 4.78 is 10.7. The van der Waals surface area contributed by atoms with Gasteiger partial charge >= 0.3 is 11.9 Å². The van der Waals surface area contributed by atoms with Crippen LogP contribution < -0.4 is 0 Å². The maximum Gasteiger partial charge on any atom is 0.306 e. The first-order valence-corrected chi connectivity index (χ1v) is 20.1. The molecule has 1 atom stereocenters. The van der Waals surface area contributed by atoms with Crippen molar-refractivity contribution in [3.63, 3.8) is 0 Å². The molecule has 0 saturated heterocycles. The summed E-state index contributed by atoms with van der Waals surface area (Å²) in [5, 5.41) is 0. The third-order valence-corrected chi connectivity index (χ3v) is 8.10. The molecule has 0 rings (SSSR count). The zero-order valence-electron chi connectivity index (χ0n) is 32.9. The molecule has 0 aliphatic rings. The molecule has 1 unspecified atom stereocenters. The van der Waals surface area contributed by atoms with Crippen LogP contribution >= 0.6 is 12.4 Å². The molecule has 48 heavy (non-hydrogen) atoms. The van der Waals surface area contributed by atoms with Crippen LogP contribution in [0.2, 0.25) is 0 Å². The normalized spacial score (nSPS) is 11.8.